The molecule has 0 saturated heterocycles. The van der Waals surface area contributed by atoms with Crippen LogP contribution in [0.3, 0.4) is 0 Å². The predicted octanol–water partition coefficient (Wildman–Crippen LogP) is 2.14. The second kappa shape index (κ2) is 5.07. The normalized spacial score (nSPS) is 11.7. The molecule has 0 aliphatic carbocycles. The van der Waals surface area contributed by atoms with Gasteiger partial charge >= 0.3 is 0 Å². The Labute approximate surface area is 76.9 Å². The van der Waals surface area contributed by atoms with E-state index in [-0.39, 0.29) is 0 Å². The molecule has 0 bridgehead atoms. The first-order valence-electron chi connectivity index (χ1n) is 4.57. The Hall–Kier alpha value is -0.660. The molecule has 0 fully saturated rings. The van der Waals surface area contributed by atoms with Crippen LogP contribution in [-0.4, -0.2) is 36.0 Å². The summed E-state index contributed by atoms with van der Waals surface area (Å²) in [5.41, 5.74) is 0. The van der Waals surface area contributed by atoms with Gasteiger partial charge in [0.25, 0.3) is 0 Å². The lowest BCUT2D eigenvalue weighted by Gasteiger charge is -2.23. The maximum absolute atomic E-state index is 2.19. The first-order valence-corrected chi connectivity index (χ1v) is 4.57. The minimum absolute atomic E-state index is 0.571. The smallest absolute Gasteiger partial charge is 0.0225 e. The van der Waals surface area contributed by atoms with Gasteiger partial charge in [-0.05, 0) is 27.7 Å². The van der Waals surface area contributed by atoms with Gasteiger partial charge in [0.15, 0.2) is 0 Å². The molecule has 0 aromatic heterocycles. The molecular weight excluding hydrogens is 148 g/mol. The molecule has 0 spiro atoms. The molecule has 12 heavy (non-hydrogen) atoms. The molecule has 0 aromatic carbocycles. The van der Waals surface area contributed by atoms with E-state index in [0.29, 0.717) is 12.1 Å². The molecule has 2 nitrogen and oxygen atoms in total. The summed E-state index contributed by atoms with van der Waals surface area (Å²) in [7, 11) is 4.19. The number of hydrogen-bond acceptors (Lipinski definition) is 2. The van der Waals surface area contributed by atoms with E-state index in [1.165, 1.54) is 0 Å². The Morgan fingerprint density at radius 3 is 1.17 bits per heavy atom. The number of rotatable bonds is 4. The van der Waals surface area contributed by atoms with E-state index >= 15 is 0 Å². The van der Waals surface area contributed by atoms with E-state index in [9.17, 15) is 0 Å². The highest BCUT2D eigenvalue weighted by molar-refractivity contribution is 4.82. The average Bonchev–Trinajstić information content (AvgIpc) is 1.98. The average molecular weight is 170 g/mol. The molecule has 0 radical (unpaired) electrons. The molecular formula is C10H22N2. The Morgan fingerprint density at radius 1 is 0.750 bits per heavy atom. The fourth-order valence-corrected chi connectivity index (χ4v) is 0.555. The van der Waals surface area contributed by atoms with Crippen molar-refractivity contribution < 1.29 is 0 Å². The van der Waals surface area contributed by atoms with Crippen molar-refractivity contribution in [1.82, 2.24) is 9.80 Å². The summed E-state index contributed by atoms with van der Waals surface area (Å²) < 4.78 is 0. The molecule has 0 unspecified atom stereocenters. The highest BCUT2D eigenvalue weighted by Crippen LogP contribution is 1.98. The lowest BCUT2D eigenvalue weighted by atomic mass is 10.3. The molecule has 0 saturated carbocycles. The fraction of sp³-hybridized carbons (Fsp3) is 0.800. The highest BCUT2D eigenvalue weighted by atomic mass is 15.1. The Morgan fingerprint density at radius 2 is 1.00 bits per heavy atom. The first kappa shape index (κ1) is 11.3. The molecule has 0 N–H and O–H groups in total. The summed E-state index contributed by atoms with van der Waals surface area (Å²) in [5, 5.41) is 0. The third-order valence-electron chi connectivity index (χ3n) is 2.17. The van der Waals surface area contributed by atoms with E-state index in [1.54, 1.807) is 0 Å². The highest BCUT2D eigenvalue weighted by Gasteiger charge is 1.98. The van der Waals surface area contributed by atoms with Crippen LogP contribution in [0.15, 0.2) is 12.4 Å². The van der Waals surface area contributed by atoms with Crippen LogP contribution >= 0.6 is 0 Å². The van der Waals surface area contributed by atoms with E-state index in [4.69, 9.17) is 0 Å². The zero-order valence-corrected chi connectivity index (χ0v) is 9.20. The van der Waals surface area contributed by atoms with Gasteiger partial charge in [0.05, 0.1) is 0 Å². The van der Waals surface area contributed by atoms with Crippen molar-refractivity contribution in [3.8, 4) is 0 Å². The second-order valence-electron chi connectivity index (χ2n) is 3.82. The van der Waals surface area contributed by atoms with Crippen molar-refractivity contribution in [3.63, 3.8) is 0 Å². The van der Waals surface area contributed by atoms with Crippen molar-refractivity contribution in [3.05, 3.63) is 12.4 Å². The molecule has 0 atom stereocenters. The third-order valence-corrected chi connectivity index (χ3v) is 2.17. The fourth-order valence-electron chi connectivity index (χ4n) is 0.555. The standard InChI is InChI=1S/C10H22N2/c1-9(2)11(5)7-8-12(6)10(3)4/h7-10H,1-6H3/b8-7-. The Bertz CT molecular complexity index is 123. The topological polar surface area (TPSA) is 6.48 Å². The molecule has 72 valence electrons. The predicted molar refractivity (Wildman–Crippen MR) is 54.9 cm³/mol. The third kappa shape index (κ3) is 4.27. The molecule has 0 rings (SSSR count). The van der Waals surface area contributed by atoms with Crippen LogP contribution in [0.25, 0.3) is 0 Å². The molecule has 0 heterocycles. The quantitative estimate of drug-likeness (QED) is 0.638. The van der Waals surface area contributed by atoms with Gasteiger partial charge in [0.1, 0.15) is 0 Å². The van der Waals surface area contributed by atoms with Crippen molar-refractivity contribution >= 4 is 0 Å². The molecule has 0 aromatic rings. The minimum Gasteiger partial charge on any atom is -0.377 e. The van der Waals surface area contributed by atoms with E-state index in [0.717, 1.165) is 0 Å². The van der Waals surface area contributed by atoms with Gasteiger partial charge in [-0.25, -0.2) is 0 Å². The zero-order chi connectivity index (χ0) is 9.72. The Balaban J connectivity index is 3.89. The summed E-state index contributed by atoms with van der Waals surface area (Å²) in [4.78, 5) is 4.39. The first-order chi connectivity index (χ1) is 5.45. The molecule has 2 heteroatoms. The van der Waals surface area contributed by atoms with Crippen molar-refractivity contribution in [2.24, 2.45) is 0 Å². The lowest BCUT2D eigenvalue weighted by molar-refractivity contribution is 0.340. The Kier molecular flexibility index (Phi) is 4.79. The summed E-state index contributed by atoms with van der Waals surface area (Å²) in [6.45, 7) is 8.72. The van der Waals surface area contributed by atoms with Gasteiger partial charge < -0.3 is 9.80 Å². The van der Waals surface area contributed by atoms with Crippen LogP contribution in [0.2, 0.25) is 0 Å². The van der Waals surface area contributed by atoms with Gasteiger partial charge in [-0.15, -0.1) is 0 Å². The summed E-state index contributed by atoms with van der Waals surface area (Å²) >= 11 is 0. The summed E-state index contributed by atoms with van der Waals surface area (Å²) in [6.07, 6.45) is 4.23. The van der Waals surface area contributed by atoms with E-state index in [1.807, 2.05) is 0 Å². The van der Waals surface area contributed by atoms with Gasteiger partial charge in [0.2, 0.25) is 0 Å². The van der Waals surface area contributed by atoms with Gasteiger partial charge in [-0.2, -0.15) is 0 Å². The maximum atomic E-state index is 2.19. The minimum atomic E-state index is 0.571. The monoisotopic (exact) mass is 170 g/mol. The number of hydrogen-bond donors (Lipinski definition) is 0. The van der Waals surface area contributed by atoms with Crippen LogP contribution < -0.4 is 0 Å². The molecule has 0 aliphatic rings. The summed E-state index contributed by atoms with van der Waals surface area (Å²) in [6, 6.07) is 1.14. The maximum Gasteiger partial charge on any atom is 0.0225 e. The van der Waals surface area contributed by atoms with Crippen molar-refractivity contribution in [2.75, 3.05) is 14.1 Å². The largest absolute Gasteiger partial charge is 0.377 e. The van der Waals surface area contributed by atoms with Crippen molar-refractivity contribution in [1.29, 1.82) is 0 Å². The summed E-state index contributed by atoms with van der Waals surface area (Å²) in [5.74, 6) is 0. The van der Waals surface area contributed by atoms with Crippen LogP contribution in [0.4, 0.5) is 0 Å². The molecule has 0 amide bonds. The van der Waals surface area contributed by atoms with Crippen LogP contribution in [0, 0.1) is 0 Å². The zero-order valence-electron chi connectivity index (χ0n) is 9.20. The van der Waals surface area contributed by atoms with Crippen LogP contribution in [-0.2, 0) is 0 Å². The van der Waals surface area contributed by atoms with Crippen LogP contribution in [0.5, 0.6) is 0 Å². The van der Waals surface area contributed by atoms with Gasteiger partial charge in [0, 0.05) is 38.6 Å². The van der Waals surface area contributed by atoms with E-state index in [2.05, 4.69) is 64.0 Å². The SMILES string of the molecule is CC(C)N(C)/C=C\N(C)C(C)C. The lowest BCUT2D eigenvalue weighted by Crippen LogP contribution is -2.24. The van der Waals surface area contributed by atoms with Gasteiger partial charge in [-0.1, -0.05) is 0 Å². The van der Waals surface area contributed by atoms with Crippen LogP contribution in [0.1, 0.15) is 27.7 Å². The number of nitrogens with zero attached hydrogens (tertiary/aromatic N) is 2. The van der Waals surface area contributed by atoms with E-state index < -0.39 is 0 Å². The van der Waals surface area contributed by atoms with Crippen molar-refractivity contribution in [2.45, 2.75) is 39.8 Å². The second-order valence-corrected chi connectivity index (χ2v) is 3.82. The van der Waals surface area contributed by atoms with Gasteiger partial charge in [-0.3, -0.25) is 0 Å². The molecule has 0 aliphatic heterocycles.